The zero-order valence-corrected chi connectivity index (χ0v) is 18.5. The third-order valence-electron chi connectivity index (χ3n) is 4.60. The summed E-state index contributed by atoms with van der Waals surface area (Å²) in [6.45, 7) is 7.23. The number of nitrogens with zero attached hydrogens (tertiary/aromatic N) is 3. The number of hydrogen-bond donors (Lipinski definition) is 0. The van der Waals surface area contributed by atoms with Gasteiger partial charge in [0.1, 0.15) is 18.0 Å². The van der Waals surface area contributed by atoms with Crippen molar-refractivity contribution in [2.24, 2.45) is 4.99 Å². The Balaban J connectivity index is 1.57. The molecule has 0 bridgehead atoms. The minimum atomic E-state index is -0.561. The highest BCUT2D eigenvalue weighted by molar-refractivity contribution is 6.07. The van der Waals surface area contributed by atoms with Crippen molar-refractivity contribution in [1.82, 2.24) is 9.80 Å². The fourth-order valence-corrected chi connectivity index (χ4v) is 3.12. The van der Waals surface area contributed by atoms with E-state index in [1.807, 2.05) is 75.4 Å². The van der Waals surface area contributed by atoms with Crippen LogP contribution in [0.15, 0.2) is 59.6 Å². The van der Waals surface area contributed by atoms with E-state index in [-0.39, 0.29) is 12.7 Å². The lowest BCUT2D eigenvalue weighted by molar-refractivity contribution is 0.0384. The molecular weight excluding hydrogens is 394 g/mol. The Bertz CT molecular complexity index is 934. The molecule has 0 fully saturated rings. The van der Waals surface area contributed by atoms with E-state index in [1.54, 1.807) is 11.9 Å². The summed E-state index contributed by atoms with van der Waals surface area (Å²) in [5.41, 5.74) is 2.17. The van der Waals surface area contributed by atoms with Crippen molar-refractivity contribution in [3.63, 3.8) is 0 Å². The van der Waals surface area contributed by atoms with Crippen LogP contribution >= 0.6 is 0 Å². The molecule has 0 unspecified atom stereocenters. The number of rotatable bonds is 5. The molecule has 1 heterocycles. The second kappa shape index (κ2) is 9.64. The monoisotopic (exact) mass is 423 g/mol. The summed E-state index contributed by atoms with van der Waals surface area (Å²) in [4.78, 5) is 32.3. The number of aliphatic imine (C=N–C) groups is 1. The van der Waals surface area contributed by atoms with Gasteiger partial charge in [0.25, 0.3) is 0 Å². The molecular formula is C24H29N3O4. The molecule has 2 aromatic rings. The first-order chi connectivity index (χ1) is 14.7. The van der Waals surface area contributed by atoms with Crippen LogP contribution in [0.4, 0.5) is 9.59 Å². The average Bonchev–Trinajstić information content (AvgIpc) is 3.22. The van der Waals surface area contributed by atoms with Crippen LogP contribution in [0.25, 0.3) is 0 Å². The third-order valence-corrected chi connectivity index (χ3v) is 4.60. The number of carbonyl (C=O) groups excluding carboxylic acids is 2. The first-order valence-corrected chi connectivity index (χ1v) is 10.3. The number of ether oxygens (including phenoxy) is 2. The van der Waals surface area contributed by atoms with Gasteiger partial charge in [-0.1, -0.05) is 54.6 Å². The molecule has 0 radical (unpaired) electrons. The Morgan fingerprint density at radius 2 is 1.71 bits per heavy atom. The van der Waals surface area contributed by atoms with Crippen LogP contribution in [0, 0.1) is 0 Å². The summed E-state index contributed by atoms with van der Waals surface area (Å²) in [5, 5.41) is 0. The average molecular weight is 424 g/mol. The highest BCUT2D eigenvalue weighted by Crippen LogP contribution is 2.17. The molecule has 0 saturated heterocycles. The summed E-state index contributed by atoms with van der Waals surface area (Å²) in [6, 6.07) is 17.2. The molecule has 0 atom stereocenters. The largest absolute Gasteiger partial charge is 0.445 e. The van der Waals surface area contributed by atoms with E-state index in [9.17, 15) is 9.59 Å². The van der Waals surface area contributed by atoms with Gasteiger partial charge >= 0.3 is 12.2 Å². The Hall–Kier alpha value is -3.35. The highest BCUT2D eigenvalue weighted by atomic mass is 16.6. The first kappa shape index (κ1) is 22.3. The Kier molecular flexibility index (Phi) is 6.95. The van der Waals surface area contributed by atoms with Gasteiger partial charge in [-0.15, -0.1) is 0 Å². The molecule has 0 saturated carbocycles. The van der Waals surface area contributed by atoms with Gasteiger partial charge in [0.2, 0.25) is 0 Å². The van der Waals surface area contributed by atoms with Crippen LogP contribution in [0.2, 0.25) is 0 Å². The Morgan fingerprint density at radius 1 is 1.03 bits per heavy atom. The molecule has 7 nitrogen and oxygen atoms in total. The van der Waals surface area contributed by atoms with Crippen LogP contribution in [0.1, 0.15) is 37.5 Å². The quantitative estimate of drug-likeness (QED) is 0.712. The molecule has 164 valence electrons. The molecule has 7 heteroatoms. The van der Waals surface area contributed by atoms with Crippen LogP contribution in [0.3, 0.4) is 0 Å². The normalized spacial score (nSPS) is 13.5. The van der Waals surface area contributed by atoms with Gasteiger partial charge in [0, 0.05) is 19.2 Å². The van der Waals surface area contributed by atoms with Gasteiger partial charge < -0.3 is 14.4 Å². The second-order valence-corrected chi connectivity index (χ2v) is 8.43. The number of hydrogen-bond acceptors (Lipinski definition) is 5. The van der Waals surface area contributed by atoms with Crippen molar-refractivity contribution in [3.05, 3.63) is 71.3 Å². The van der Waals surface area contributed by atoms with Crippen molar-refractivity contribution in [2.45, 2.75) is 39.5 Å². The first-order valence-electron chi connectivity index (χ1n) is 10.3. The van der Waals surface area contributed by atoms with E-state index < -0.39 is 11.7 Å². The van der Waals surface area contributed by atoms with E-state index >= 15 is 0 Å². The maximum Gasteiger partial charge on any atom is 0.416 e. The van der Waals surface area contributed by atoms with Gasteiger partial charge in [-0.25, -0.2) is 9.59 Å². The van der Waals surface area contributed by atoms with Crippen molar-refractivity contribution in [3.8, 4) is 0 Å². The van der Waals surface area contributed by atoms with Crippen LogP contribution in [0.5, 0.6) is 0 Å². The van der Waals surface area contributed by atoms with Gasteiger partial charge in [-0.3, -0.25) is 9.89 Å². The van der Waals surface area contributed by atoms with Gasteiger partial charge in [0.05, 0.1) is 13.1 Å². The predicted octanol–water partition coefficient (Wildman–Crippen LogP) is 4.45. The van der Waals surface area contributed by atoms with E-state index in [0.717, 1.165) is 16.7 Å². The number of carbonyl (C=O) groups is 2. The summed E-state index contributed by atoms with van der Waals surface area (Å²) in [6.07, 6.45) is -0.780. The minimum absolute atomic E-state index is 0.239. The summed E-state index contributed by atoms with van der Waals surface area (Å²) in [5.74, 6) is 0.608. The van der Waals surface area contributed by atoms with Crippen LogP contribution in [-0.4, -0.2) is 53.6 Å². The number of amides is 2. The third kappa shape index (κ3) is 6.31. The molecule has 0 spiro atoms. The Morgan fingerprint density at radius 3 is 2.35 bits per heavy atom. The van der Waals surface area contributed by atoms with Crippen LogP contribution in [-0.2, 0) is 22.6 Å². The van der Waals surface area contributed by atoms with Gasteiger partial charge in [-0.05, 0) is 31.9 Å². The molecule has 2 amide bonds. The fourth-order valence-electron chi connectivity index (χ4n) is 3.12. The standard InChI is InChI=1S/C24H29N3O4/c1-24(2,3)31-23(29)27-15-14-25-21(27)20-12-10-18(11-13-20)16-26(4)22(28)30-17-19-8-6-5-7-9-19/h5-13H,14-17H2,1-4H3. The van der Waals surface area contributed by atoms with E-state index in [1.165, 1.54) is 4.90 Å². The Labute approximate surface area is 183 Å². The SMILES string of the molecule is CN(Cc1ccc(C2=NCCN2C(=O)OC(C)(C)C)cc1)C(=O)OCc1ccccc1. The lowest BCUT2D eigenvalue weighted by Crippen LogP contribution is -2.39. The fraction of sp³-hybridized carbons (Fsp3) is 0.375. The molecule has 0 aliphatic carbocycles. The van der Waals surface area contributed by atoms with Crippen LogP contribution < -0.4 is 0 Å². The second-order valence-electron chi connectivity index (χ2n) is 8.43. The molecule has 0 N–H and O–H groups in total. The zero-order chi connectivity index (χ0) is 22.4. The topological polar surface area (TPSA) is 71.4 Å². The maximum absolute atomic E-state index is 12.5. The molecule has 31 heavy (non-hydrogen) atoms. The molecule has 2 aromatic carbocycles. The number of benzene rings is 2. The molecule has 3 rings (SSSR count). The highest BCUT2D eigenvalue weighted by Gasteiger charge is 2.29. The summed E-state index contributed by atoms with van der Waals surface area (Å²) >= 11 is 0. The lowest BCUT2D eigenvalue weighted by atomic mass is 10.1. The van der Waals surface area contributed by atoms with Crippen molar-refractivity contribution in [2.75, 3.05) is 20.1 Å². The van der Waals surface area contributed by atoms with E-state index in [2.05, 4.69) is 4.99 Å². The number of amidine groups is 1. The maximum atomic E-state index is 12.5. The van der Waals surface area contributed by atoms with E-state index in [0.29, 0.717) is 25.5 Å². The van der Waals surface area contributed by atoms with Gasteiger partial charge in [0.15, 0.2) is 0 Å². The molecule has 1 aliphatic rings. The van der Waals surface area contributed by atoms with E-state index in [4.69, 9.17) is 9.47 Å². The zero-order valence-electron chi connectivity index (χ0n) is 18.5. The predicted molar refractivity (Wildman–Crippen MR) is 119 cm³/mol. The minimum Gasteiger partial charge on any atom is -0.445 e. The summed E-state index contributed by atoms with van der Waals surface area (Å²) < 4.78 is 10.8. The lowest BCUT2D eigenvalue weighted by Gasteiger charge is -2.25. The molecule has 1 aliphatic heterocycles. The van der Waals surface area contributed by atoms with Crippen molar-refractivity contribution < 1.29 is 19.1 Å². The smallest absolute Gasteiger partial charge is 0.416 e. The van der Waals surface area contributed by atoms with Crippen molar-refractivity contribution in [1.29, 1.82) is 0 Å². The van der Waals surface area contributed by atoms with Gasteiger partial charge in [-0.2, -0.15) is 0 Å². The summed E-state index contributed by atoms with van der Waals surface area (Å²) in [7, 11) is 1.70. The van der Waals surface area contributed by atoms with Crippen molar-refractivity contribution >= 4 is 18.0 Å². The molecule has 0 aromatic heterocycles.